The highest BCUT2D eigenvalue weighted by Gasteiger charge is 2.58. The van der Waals surface area contributed by atoms with Crippen molar-refractivity contribution in [3.05, 3.63) is 41.2 Å². The molecule has 4 heteroatoms. The first-order valence-corrected chi connectivity index (χ1v) is 7.09. The molecule has 3 atom stereocenters. The van der Waals surface area contributed by atoms with Gasteiger partial charge in [-0.05, 0) is 38.3 Å². The highest BCUT2D eigenvalue weighted by atomic mass is 19.1. The van der Waals surface area contributed by atoms with Crippen molar-refractivity contribution in [1.82, 2.24) is 0 Å². The van der Waals surface area contributed by atoms with Crippen molar-refractivity contribution in [3.8, 4) is 0 Å². The molecule has 0 saturated carbocycles. The number of benzene rings is 1. The molecule has 3 nitrogen and oxygen atoms in total. The van der Waals surface area contributed by atoms with E-state index in [0.717, 1.165) is 24.8 Å². The molecule has 104 valence electrons. The topological polar surface area (TPSA) is 38.3 Å². The summed E-state index contributed by atoms with van der Waals surface area (Å²) in [6.07, 6.45) is 5.03. The fourth-order valence-corrected chi connectivity index (χ4v) is 3.97. The smallest absolute Gasteiger partial charge is 0.262 e. The molecule has 1 saturated heterocycles. The first-order chi connectivity index (χ1) is 9.61. The quantitative estimate of drug-likeness (QED) is 0.738. The number of nitrogens with one attached hydrogen (secondary N) is 1. The van der Waals surface area contributed by atoms with Gasteiger partial charge in [0.25, 0.3) is 5.91 Å². The second-order valence-corrected chi connectivity index (χ2v) is 5.92. The van der Waals surface area contributed by atoms with Gasteiger partial charge in [0.05, 0.1) is 11.8 Å². The number of allylic oxidation sites excluding steroid dienone is 1. The molecule has 2 aliphatic heterocycles. The molecule has 0 aromatic heterocycles. The molecular weight excluding hydrogens is 257 g/mol. The van der Waals surface area contributed by atoms with Gasteiger partial charge in [-0.2, -0.15) is 0 Å². The maximum atomic E-state index is 13.4. The Labute approximate surface area is 116 Å². The molecule has 1 aromatic rings. The minimum absolute atomic E-state index is 0.00245. The van der Waals surface area contributed by atoms with Crippen LogP contribution in [0.4, 0.5) is 10.1 Å². The Bertz CT molecular complexity index is 639. The molecule has 0 bridgehead atoms. The predicted molar refractivity (Wildman–Crippen MR) is 72.7 cm³/mol. The molecule has 1 aromatic carbocycles. The van der Waals surface area contributed by atoms with Gasteiger partial charge in [-0.3, -0.25) is 4.79 Å². The Morgan fingerprint density at radius 2 is 2.30 bits per heavy atom. The summed E-state index contributed by atoms with van der Waals surface area (Å²) >= 11 is 0. The van der Waals surface area contributed by atoms with Gasteiger partial charge in [0, 0.05) is 11.5 Å². The zero-order chi connectivity index (χ0) is 13.9. The lowest BCUT2D eigenvalue weighted by Gasteiger charge is -2.42. The first-order valence-electron chi connectivity index (χ1n) is 7.09. The zero-order valence-electron chi connectivity index (χ0n) is 11.3. The van der Waals surface area contributed by atoms with E-state index in [0.29, 0.717) is 5.69 Å². The number of hydrogen-bond acceptors (Lipinski definition) is 2. The first kappa shape index (κ1) is 12.1. The van der Waals surface area contributed by atoms with E-state index in [1.165, 1.54) is 17.7 Å². The Hall–Kier alpha value is -1.68. The number of anilines is 1. The van der Waals surface area contributed by atoms with Crippen molar-refractivity contribution < 1.29 is 13.9 Å². The Balaban J connectivity index is 1.91. The van der Waals surface area contributed by atoms with Gasteiger partial charge in [0.2, 0.25) is 0 Å². The fourth-order valence-electron chi connectivity index (χ4n) is 3.97. The van der Waals surface area contributed by atoms with Gasteiger partial charge < -0.3 is 10.1 Å². The van der Waals surface area contributed by atoms with E-state index in [1.54, 1.807) is 6.07 Å². The van der Waals surface area contributed by atoms with Crippen molar-refractivity contribution >= 4 is 11.6 Å². The van der Waals surface area contributed by atoms with Gasteiger partial charge in [-0.15, -0.1) is 0 Å². The van der Waals surface area contributed by atoms with Crippen LogP contribution >= 0.6 is 0 Å². The molecule has 1 spiro atoms. The van der Waals surface area contributed by atoms with Crippen LogP contribution in [0, 0.1) is 11.7 Å². The monoisotopic (exact) mass is 273 g/mol. The second kappa shape index (κ2) is 3.92. The number of ether oxygens (including phenoxy) is 1. The largest absolute Gasteiger partial charge is 0.356 e. The molecule has 1 amide bonds. The summed E-state index contributed by atoms with van der Waals surface area (Å²) in [7, 11) is 0. The average molecular weight is 273 g/mol. The van der Waals surface area contributed by atoms with Gasteiger partial charge in [0.15, 0.2) is 5.60 Å². The van der Waals surface area contributed by atoms with Crippen LogP contribution in [0.3, 0.4) is 0 Å². The Morgan fingerprint density at radius 1 is 1.45 bits per heavy atom. The SMILES string of the molecule is C[C@@H]1CC2=CCC[C@H]2[C@]2(O1)C(=O)Nc1cc(F)ccc12. The van der Waals surface area contributed by atoms with E-state index in [2.05, 4.69) is 11.4 Å². The summed E-state index contributed by atoms with van der Waals surface area (Å²) in [5.41, 5.74) is 1.70. The molecule has 0 radical (unpaired) electrons. The number of halogens is 1. The third-order valence-corrected chi connectivity index (χ3v) is 4.68. The molecular formula is C16H16FNO2. The molecule has 3 aliphatic rings. The lowest BCUT2D eigenvalue weighted by Crippen LogP contribution is -2.49. The summed E-state index contributed by atoms with van der Waals surface area (Å²) in [4.78, 5) is 12.6. The van der Waals surface area contributed by atoms with E-state index in [9.17, 15) is 9.18 Å². The zero-order valence-corrected chi connectivity index (χ0v) is 11.3. The Kier molecular flexibility index (Phi) is 2.37. The Morgan fingerprint density at radius 3 is 3.15 bits per heavy atom. The average Bonchev–Trinajstić information content (AvgIpc) is 2.94. The van der Waals surface area contributed by atoms with Crippen LogP contribution in [-0.2, 0) is 15.1 Å². The van der Waals surface area contributed by atoms with Crippen molar-refractivity contribution in [2.24, 2.45) is 5.92 Å². The molecule has 1 fully saturated rings. The molecule has 1 aliphatic carbocycles. The van der Waals surface area contributed by atoms with Gasteiger partial charge in [-0.1, -0.05) is 17.7 Å². The van der Waals surface area contributed by atoms with Crippen molar-refractivity contribution in [2.45, 2.75) is 37.9 Å². The lowest BCUT2D eigenvalue weighted by atomic mass is 9.74. The molecule has 4 rings (SSSR count). The van der Waals surface area contributed by atoms with Gasteiger partial charge in [0.1, 0.15) is 5.82 Å². The second-order valence-electron chi connectivity index (χ2n) is 5.92. The number of hydrogen-bond donors (Lipinski definition) is 1. The number of rotatable bonds is 0. The van der Waals surface area contributed by atoms with E-state index >= 15 is 0 Å². The van der Waals surface area contributed by atoms with Crippen LogP contribution in [0.5, 0.6) is 0 Å². The summed E-state index contributed by atoms with van der Waals surface area (Å²) in [6, 6.07) is 4.47. The lowest BCUT2D eigenvalue weighted by molar-refractivity contribution is -0.165. The van der Waals surface area contributed by atoms with Crippen LogP contribution in [0.25, 0.3) is 0 Å². The third-order valence-electron chi connectivity index (χ3n) is 4.68. The van der Waals surface area contributed by atoms with Crippen molar-refractivity contribution in [1.29, 1.82) is 0 Å². The summed E-state index contributed by atoms with van der Waals surface area (Å²) in [5, 5.41) is 2.80. The van der Waals surface area contributed by atoms with Crippen LogP contribution in [-0.4, -0.2) is 12.0 Å². The number of carbonyl (C=O) groups excluding carboxylic acids is 1. The standard InChI is InChI=1S/C16H16FNO2/c1-9-7-10-3-2-4-12(10)16(20-9)13-6-5-11(17)8-14(13)18-15(16)19/h3,5-6,8-9,12H,2,4,7H2,1H3,(H,18,19)/t9-,12-,16-/m1/s1. The van der Waals surface area contributed by atoms with Gasteiger partial charge >= 0.3 is 0 Å². The number of carbonyl (C=O) groups is 1. The predicted octanol–water partition coefficient (Wildman–Crippen LogP) is 3.12. The number of fused-ring (bicyclic) bond motifs is 4. The summed E-state index contributed by atoms with van der Waals surface area (Å²) in [6.45, 7) is 1.99. The van der Waals surface area contributed by atoms with E-state index < -0.39 is 5.60 Å². The van der Waals surface area contributed by atoms with E-state index in [4.69, 9.17) is 4.74 Å². The van der Waals surface area contributed by atoms with Crippen molar-refractivity contribution in [2.75, 3.05) is 5.32 Å². The van der Waals surface area contributed by atoms with Crippen LogP contribution < -0.4 is 5.32 Å². The molecule has 2 heterocycles. The normalized spacial score (nSPS) is 34.7. The summed E-state index contributed by atoms with van der Waals surface area (Å²) in [5.74, 6) is -0.403. The van der Waals surface area contributed by atoms with E-state index in [1.807, 2.05) is 6.92 Å². The van der Waals surface area contributed by atoms with Crippen LogP contribution in [0.1, 0.15) is 31.7 Å². The minimum Gasteiger partial charge on any atom is -0.356 e. The van der Waals surface area contributed by atoms with E-state index in [-0.39, 0.29) is 23.7 Å². The fraction of sp³-hybridized carbons (Fsp3) is 0.438. The number of amides is 1. The van der Waals surface area contributed by atoms with Crippen molar-refractivity contribution in [3.63, 3.8) is 0 Å². The minimum atomic E-state index is -0.955. The maximum Gasteiger partial charge on any atom is 0.262 e. The molecule has 1 N–H and O–H groups in total. The summed E-state index contributed by atoms with van der Waals surface area (Å²) < 4.78 is 19.5. The third kappa shape index (κ3) is 1.40. The molecule has 20 heavy (non-hydrogen) atoms. The maximum absolute atomic E-state index is 13.4. The highest BCUT2D eigenvalue weighted by Crippen LogP contribution is 2.54. The highest BCUT2D eigenvalue weighted by molar-refractivity contribution is 6.05. The molecule has 0 unspecified atom stereocenters. The van der Waals surface area contributed by atoms with Gasteiger partial charge in [-0.25, -0.2) is 4.39 Å². The van der Waals surface area contributed by atoms with Crippen LogP contribution in [0.2, 0.25) is 0 Å². The van der Waals surface area contributed by atoms with Crippen LogP contribution in [0.15, 0.2) is 29.8 Å².